The molecule has 0 fully saturated rings. The van der Waals surface area contributed by atoms with Crippen molar-refractivity contribution in [3.63, 3.8) is 0 Å². The number of nitrogens with zero attached hydrogens (tertiary/aromatic N) is 1. The van der Waals surface area contributed by atoms with E-state index in [4.69, 9.17) is 0 Å². The van der Waals surface area contributed by atoms with Crippen LogP contribution in [0.5, 0.6) is 0 Å². The number of rotatable bonds is 6. The predicted molar refractivity (Wildman–Crippen MR) is 143 cm³/mol. The summed E-state index contributed by atoms with van der Waals surface area (Å²) in [5, 5.41) is 2.79. The van der Waals surface area contributed by atoms with E-state index in [0.29, 0.717) is 39.9 Å². The average molecular weight is 561 g/mol. The van der Waals surface area contributed by atoms with Crippen LogP contribution in [-0.4, -0.2) is 26.7 Å². The van der Waals surface area contributed by atoms with E-state index in [9.17, 15) is 18.0 Å². The van der Waals surface area contributed by atoms with Gasteiger partial charge in [0.05, 0.1) is 16.3 Å². The molecule has 1 aliphatic heterocycles. The molecule has 1 aliphatic rings. The minimum atomic E-state index is -3.76. The fourth-order valence-electron chi connectivity index (χ4n) is 4.22. The zero-order valence-electron chi connectivity index (χ0n) is 19.0. The number of para-hydroxylation sites is 1. The van der Waals surface area contributed by atoms with Gasteiger partial charge in [0.1, 0.15) is 0 Å². The number of anilines is 2. The van der Waals surface area contributed by atoms with Crippen LogP contribution in [0.15, 0.2) is 106 Å². The Morgan fingerprint density at radius 2 is 1.50 bits per heavy atom. The van der Waals surface area contributed by atoms with Crippen molar-refractivity contribution in [3.05, 3.63) is 124 Å². The van der Waals surface area contributed by atoms with Crippen LogP contribution in [0, 0.1) is 0 Å². The summed E-state index contributed by atoms with van der Waals surface area (Å²) in [6.07, 6.45) is 0.660. The second-order valence-corrected chi connectivity index (χ2v) is 11.1. The van der Waals surface area contributed by atoms with Crippen molar-refractivity contribution >= 4 is 49.0 Å². The fourth-order valence-corrected chi connectivity index (χ4v) is 6.08. The van der Waals surface area contributed by atoms with Gasteiger partial charge in [-0.25, -0.2) is 8.42 Å². The fraction of sp³-hybridized carbons (Fsp3) is 0.0714. The van der Waals surface area contributed by atoms with Crippen LogP contribution >= 0.6 is 15.9 Å². The molecular weight excluding hydrogens is 540 g/mol. The average Bonchev–Trinajstić information content (AvgIpc) is 3.35. The third kappa shape index (κ3) is 4.57. The topological polar surface area (TPSA) is 83.5 Å². The maximum Gasteiger partial charge on any atom is 0.264 e. The number of halogens is 1. The highest BCUT2D eigenvalue weighted by atomic mass is 79.9. The van der Waals surface area contributed by atoms with Crippen molar-refractivity contribution < 1.29 is 18.0 Å². The molecule has 0 unspecified atom stereocenters. The van der Waals surface area contributed by atoms with Crippen molar-refractivity contribution in [2.45, 2.75) is 11.3 Å². The molecule has 6 nitrogen and oxygen atoms in total. The van der Waals surface area contributed by atoms with E-state index in [1.165, 1.54) is 28.6 Å². The standard InChI is InChI=1S/C28H21BrN2O4S/c29-22-12-15-25(24(18-22)27(32)20-7-2-1-3-8-20)30-28(33)21-10-13-23(14-11-21)36(34,35)31-17-16-19-6-4-5-9-26(19)31/h1-15,18H,16-17H2,(H,30,33). The van der Waals surface area contributed by atoms with E-state index in [1.807, 2.05) is 24.3 Å². The number of fused-ring (bicyclic) bond motifs is 1. The summed E-state index contributed by atoms with van der Waals surface area (Å²) < 4.78 is 28.6. The monoisotopic (exact) mass is 560 g/mol. The van der Waals surface area contributed by atoms with Gasteiger partial charge in [0.25, 0.3) is 15.9 Å². The predicted octanol–water partition coefficient (Wildman–Crippen LogP) is 5.68. The van der Waals surface area contributed by atoms with Crippen molar-refractivity contribution in [2.24, 2.45) is 0 Å². The van der Waals surface area contributed by atoms with Gasteiger partial charge < -0.3 is 5.32 Å². The molecule has 4 aromatic carbocycles. The van der Waals surface area contributed by atoms with Crippen LogP contribution in [0.4, 0.5) is 11.4 Å². The van der Waals surface area contributed by atoms with Crippen LogP contribution in [-0.2, 0) is 16.4 Å². The number of benzene rings is 4. The van der Waals surface area contributed by atoms with Crippen LogP contribution in [0.2, 0.25) is 0 Å². The number of sulfonamides is 1. The second-order valence-electron chi connectivity index (χ2n) is 8.32. The molecule has 5 rings (SSSR count). The van der Waals surface area contributed by atoms with Crippen LogP contribution < -0.4 is 9.62 Å². The SMILES string of the molecule is O=C(Nc1ccc(Br)cc1C(=O)c1ccccc1)c1ccc(S(=O)(=O)N2CCc3ccccc32)cc1. The molecule has 0 radical (unpaired) electrons. The summed E-state index contributed by atoms with van der Waals surface area (Å²) in [5.74, 6) is -0.672. The maximum atomic E-state index is 13.2. The quantitative estimate of drug-likeness (QED) is 0.307. The first-order chi connectivity index (χ1) is 17.3. The largest absolute Gasteiger partial charge is 0.321 e. The molecule has 8 heteroatoms. The molecule has 180 valence electrons. The lowest BCUT2D eigenvalue weighted by molar-refractivity contribution is 0.102. The lowest BCUT2D eigenvalue weighted by Crippen LogP contribution is -2.29. The zero-order chi connectivity index (χ0) is 25.3. The van der Waals surface area contributed by atoms with Gasteiger partial charge in [-0.2, -0.15) is 0 Å². The maximum absolute atomic E-state index is 13.2. The van der Waals surface area contributed by atoms with Crippen molar-refractivity contribution in [2.75, 3.05) is 16.2 Å². The molecule has 0 saturated carbocycles. The van der Waals surface area contributed by atoms with Crippen molar-refractivity contribution in [3.8, 4) is 0 Å². The Hall–Kier alpha value is -3.75. The van der Waals surface area contributed by atoms with E-state index in [-0.39, 0.29) is 16.2 Å². The van der Waals surface area contributed by atoms with E-state index in [1.54, 1.807) is 48.5 Å². The molecule has 1 amide bonds. The first-order valence-electron chi connectivity index (χ1n) is 11.3. The molecule has 1 heterocycles. The van der Waals surface area contributed by atoms with Gasteiger partial charge in [0, 0.05) is 27.7 Å². The Labute approximate surface area is 217 Å². The minimum Gasteiger partial charge on any atom is -0.321 e. The number of nitrogens with one attached hydrogen (secondary N) is 1. The number of carbonyl (C=O) groups excluding carboxylic acids is 2. The van der Waals surface area contributed by atoms with Gasteiger partial charge in [0.15, 0.2) is 5.78 Å². The van der Waals surface area contributed by atoms with E-state index in [0.717, 1.165) is 5.56 Å². The van der Waals surface area contributed by atoms with Gasteiger partial charge >= 0.3 is 0 Å². The number of hydrogen-bond donors (Lipinski definition) is 1. The highest BCUT2D eigenvalue weighted by Gasteiger charge is 2.30. The number of ketones is 1. The van der Waals surface area contributed by atoms with E-state index in [2.05, 4.69) is 21.2 Å². The number of carbonyl (C=O) groups is 2. The van der Waals surface area contributed by atoms with Gasteiger partial charge in [-0.1, -0.05) is 64.5 Å². The van der Waals surface area contributed by atoms with Gasteiger partial charge in [0.2, 0.25) is 0 Å². The third-order valence-corrected chi connectivity index (χ3v) is 8.38. The van der Waals surface area contributed by atoms with E-state index < -0.39 is 15.9 Å². The van der Waals surface area contributed by atoms with Gasteiger partial charge in [-0.05, 0) is 60.5 Å². The first kappa shape index (κ1) is 24.0. The van der Waals surface area contributed by atoms with E-state index >= 15 is 0 Å². The highest BCUT2D eigenvalue weighted by Crippen LogP contribution is 2.33. The third-order valence-electron chi connectivity index (χ3n) is 6.06. The summed E-state index contributed by atoms with van der Waals surface area (Å²) >= 11 is 3.39. The Balaban J connectivity index is 1.38. The Bertz CT molecular complexity index is 1570. The molecule has 0 atom stereocenters. The molecule has 0 aliphatic carbocycles. The molecule has 0 saturated heterocycles. The molecule has 0 bridgehead atoms. The summed E-state index contributed by atoms with van der Waals surface area (Å²) in [6, 6.07) is 27.1. The minimum absolute atomic E-state index is 0.110. The molecule has 0 spiro atoms. The van der Waals surface area contributed by atoms with Crippen LogP contribution in [0.25, 0.3) is 0 Å². The summed E-state index contributed by atoms with van der Waals surface area (Å²) in [7, 11) is -3.76. The number of hydrogen-bond acceptors (Lipinski definition) is 4. The highest BCUT2D eigenvalue weighted by molar-refractivity contribution is 9.10. The molecule has 0 aromatic heterocycles. The molecular formula is C28H21BrN2O4S. The molecule has 36 heavy (non-hydrogen) atoms. The zero-order valence-corrected chi connectivity index (χ0v) is 21.4. The summed E-state index contributed by atoms with van der Waals surface area (Å²) in [6.45, 7) is 0.381. The van der Waals surface area contributed by atoms with Gasteiger partial charge in [-0.15, -0.1) is 0 Å². The Morgan fingerprint density at radius 3 is 2.25 bits per heavy atom. The second kappa shape index (κ2) is 9.72. The Morgan fingerprint density at radius 1 is 0.806 bits per heavy atom. The van der Waals surface area contributed by atoms with Crippen LogP contribution in [0.1, 0.15) is 31.8 Å². The smallest absolute Gasteiger partial charge is 0.264 e. The Kier molecular flexibility index (Phi) is 6.47. The van der Waals surface area contributed by atoms with Crippen LogP contribution in [0.3, 0.4) is 0 Å². The van der Waals surface area contributed by atoms with Crippen molar-refractivity contribution in [1.82, 2.24) is 0 Å². The van der Waals surface area contributed by atoms with Crippen molar-refractivity contribution in [1.29, 1.82) is 0 Å². The number of amides is 1. The first-order valence-corrected chi connectivity index (χ1v) is 13.5. The lowest BCUT2D eigenvalue weighted by Gasteiger charge is -2.19. The molecule has 1 N–H and O–H groups in total. The summed E-state index contributed by atoms with van der Waals surface area (Å²) in [4.78, 5) is 26.2. The summed E-state index contributed by atoms with van der Waals surface area (Å²) in [5.41, 5.74) is 3.16. The molecule has 4 aromatic rings. The normalized spacial score (nSPS) is 12.8. The van der Waals surface area contributed by atoms with Gasteiger partial charge in [-0.3, -0.25) is 13.9 Å². The lowest BCUT2D eigenvalue weighted by atomic mass is 10.0.